The van der Waals surface area contributed by atoms with Crippen molar-refractivity contribution in [3.63, 3.8) is 0 Å². The fourth-order valence-corrected chi connectivity index (χ4v) is 1.72. The summed E-state index contributed by atoms with van der Waals surface area (Å²) in [5, 5.41) is 0. The van der Waals surface area contributed by atoms with Crippen LogP contribution in [0, 0.1) is 11.8 Å². The number of hydrogen-bond donors (Lipinski definition) is 0. The molecule has 1 aliphatic rings. The van der Waals surface area contributed by atoms with Gasteiger partial charge in [0, 0.05) is 13.0 Å². The van der Waals surface area contributed by atoms with Crippen molar-refractivity contribution in [2.24, 2.45) is 0 Å². The first kappa shape index (κ1) is 11.1. The van der Waals surface area contributed by atoms with Crippen LogP contribution in [0.5, 0.6) is 0 Å². The lowest BCUT2D eigenvalue weighted by Gasteiger charge is -2.30. The zero-order valence-corrected chi connectivity index (χ0v) is 8.76. The van der Waals surface area contributed by atoms with E-state index in [2.05, 4.69) is 16.6 Å². The molecule has 0 aliphatic heterocycles. The lowest BCUT2D eigenvalue weighted by molar-refractivity contribution is -0.133. The van der Waals surface area contributed by atoms with E-state index in [0.29, 0.717) is 0 Å². The molecule has 78 valence electrons. The number of rotatable bonds is 1. The molecule has 3 heteroatoms. The Hall–Kier alpha value is -1.01. The van der Waals surface area contributed by atoms with Crippen molar-refractivity contribution in [1.82, 2.24) is 0 Å². The molecule has 1 rings (SSSR count). The second kappa shape index (κ2) is 5.02. The molecule has 1 aliphatic carbocycles. The summed E-state index contributed by atoms with van der Waals surface area (Å²) in [5.74, 6) is 4.85. The molecule has 0 spiro atoms. The van der Waals surface area contributed by atoms with Gasteiger partial charge < -0.3 is 9.47 Å². The SMILES string of the molecule is COC(=O)C#CC1(OC)CCCCC1. The van der Waals surface area contributed by atoms with E-state index < -0.39 is 11.6 Å². The van der Waals surface area contributed by atoms with Gasteiger partial charge in [-0.2, -0.15) is 0 Å². The Morgan fingerprint density at radius 1 is 1.21 bits per heavy atom. The third kappa shape index (κ3) is 2.74. The molecule has 0 aromatic carbocycles. The molecule has 1 saturated carbocycles. The highest BCUT2D eigenvalue weighted by molar-refractivity contribution is 5.88. The van der Waals surface area contributed by atoms with E-state index in [-0.39, 0.29) is 0 Å². The lowest BCUT2D eigenvalue weighted by atomic mass is 9.85. The molecule has 0 N–H and O–H groups in total. The Labute approximate surface area is 84.8 Å². The molecule has 0 unspecified atom stereocenters. The van der Waals surface area contributed by atoms with E-state index in [1.165, 1.54) is 13.5 Å². The van der Waals surface area contributed by atoms with Crippen LogP contribution in [0.25, 0.3) is 0 Å². The summed E-state index contributed by atoms with van der Waals surface area (Å²) in [6.07, 6.45) is 5.28. The Morgan fingerprint density at radius 2 is 1.86 bits per heavy atom. The topological polar surface area (TPSA) is 35.5 Å². The minimum absolute atomic E-state index is 0.410. The second-order valence-electron chi connectivity index (χ2n) is 3.50. The van der Waals surface area contributed by atoms with Crippen LogP contribution in [0.3, 0.4) is 0 Å². The van der Waals surface area contributed by atoms with E-state index in [1.807, 2.05) is 0 Å². The highest BCUT2D eigenvalue weighted by Crippen LogP contribution is 2.30. The molecular weight excluding hydrogens is 180 g/mol. The fraction of sp³-hybridized carbons (Fsp3) is 0.727. The third-order valence-electron chi connectivity index (χ3n) is 2.63. The predicted octanol–water partition coefficient (Wildman–Crippen LogP) is 1.51. The maximum absolute atomic E-state index is 10.9. The smallest absolute Gasteiger partial charge is 0.384 e. The van der Waals surface area contributed by atoms with Crippen LogP contribution in [0.2, 0.25) is 0 Å². The predicted molar refractivity (Wildman–Crippen MR) is 52.6 cm³/mol. The van der Waals surface area contributed by atoms with Crippen molar-refractivity contribution < 1.29 is 14.3 Å². The summed E-state index contributed by atoms with van der Waals surface area (Å²) in [4.78, 5) is 10.9. The number of methoxy groups -OCH3 is 2. The molecule has 14 heavy (non-hydrogen) atoms. The Kier molecular flexibility index (Phi) is 3.97. The van der Waals surface area contributed by atoms with Crippen molar-refractivity contribution in [1.29, 1.82) is 0 Å². The van der Waals surface area contributed by atoms with E-state index in [4.69, 9.17) is 4.74 Å². The number of carbonyl (C=O) groups is 1. The van der Waals surface area contributed by atoms with Gasteiger partial charge in [-0.1, -0.05) is 12.3 Å². The highest BCUT2D eigenvalue weighted by Gasteiger charge is 2.29. The number of esters is 1. The minimum atomic E-state index is -0.494. The zero-order valence-electron chi connectivity index (χ0n) is 8.76. The summed E-state index contributed by atoms with van der Waals surface area (Å²) < 4.78 is 9.85. The molecule has 0 radical (unpaired) electrons. The van der Waals surface area contributed by atoms with Gasteiger partial charge in [0.15, 0.2) is 0 Å². The molecular formula is C11H16O3. The summed E-state index contributed by atoms with van der Waals surface area (Å²) in [7, 11) is 2.98. The quantitative estimate of drug-likeness (QED) is 0.362. The number of ether oxygens (including phenoxy) is 2. The monoisotopic (exact) mass is 196 g/mol. The van der Waals surface area contributed by atoms with Crippen LogP contribution in [-0.4, -0.2) is 25.8 Å². The van der Waals surface area contributed by atoms with Gasteiger partial charge in [0.1, 0.15) is 5.60 Å². The molecule has 0 aromatic heterocycles. The normalized spacial score (nSPS) is 19.3. The maximum atomic E-state index is 10.9. The van der Waals surface area contributed by atoms with Gasteiger partial charge in [-0.15, -0.1) is 0 Å². The minimum Gasteiger partial charge on any atom is -0.459 e. The molecule has 1 fully saturated rings. The average Bonchev–Trinajstić information content (AvgIpc) is 2.27. The number of hydrogen-bond acceptors (Lipinski definition) is 3. The van der Waals surface area contributed by atoms with Gasteiger partial charge in [-0.25, -0.2) is 4.79 Å². The summed E-state index contributed by atoms with van der Waals surface area (Å²) in [6, 6.07) is 0. The van der Waals surface area contributed by atoms with Crippen LogP contribution in [0.15, 0.2) is 0 Å². The molecule has 3 nitrogen and oxygen atoms in total. The van der Waals surface area contributed by atoms with Crippen molar-refractivity contribution in [3.05, 3.63) is 0 Å². The van der Waals surface area contributed by atoms with Gasteiger partial charge in [0.25, 0.3) is 0 Å². The van der Waals surface area contributed by atoms with Crippen LogP contribution in [-0.2, 0) is 14.3 Å². The maximum Gasteiger partial charge on any atom is 0.384 e. The van der Waals surface area contributed by atoms with Crippen LogP contribution in [0.1, 0.15) is 32.1 Å². The Bertz CT molecular complexity index is 253. The molecule has 0 saturated heterocycles. The first-order chi connectivity index (χ1) is 6.72. The standard InChI is InChI=1S/C11H16O3/c1-13-10(12)6-9-11(14-2)7-4-3-5-8-11/h3-5,7-8H2,1-2H3. The largest absolute Gasteiger partial charge is 0.459 e. The van der Waals surface area contributed by atoms with Crippen LogP contribution >= 0.6 is 0 Å². The fourth-order valence-electron chi connectivity index (χ4n) is 1.72. The van der Waals surface area contributed by atoms with Gasteiger partial charge in [-0.05, 0) is 25.7 Å². The molecule has 0 aromatic rings. The van der Waals surface area contributed by atoms with Crippen molar-refractivity contribution >= 4 is 5.97 Å². The van der Waals surface area contributed by atoms with Crippen molar-refractivity contribution in [2.75, 3.05) is 14.2 Å². The van der Waals surface area contributed by atoms with Gasteiger partial charge in [0.2, 0.25) is 0 Å². The molecule has 0 amide bonds. The summed E-state index contributed by atoms with van der Waals surface area (Å²) in [6.45, 7) is 0. The van der Waals surface area contributed by atoms with Gasteiger partial charge in [-0.3, -0.25) is 0 Å². The van der Waals surface area contributed by atoms with Crippen LogP contribution < -0.4 is 0 Å². The first-order valence-electron chi connectivity index (χ1n) is 4.89. The second-order valence-corrected chi connectivity index (χ2v) is 3.50. The Balaban J connectivity index is 2.67. The summed E-state index contributed by atoms with van der Waals surface area (Å²) in [5.41, 5.74) is -0.410. The van der Waals surface area contributed by atoms with Crippen molar-refractivity contribution in [2.45, 2.75) is 37.7 Å². The Morgan fingerprint density at radius 3 is 2.36 bits per heavy atom. The molecule has 0 heterocycles. The van der Waals surface area contributed by atoms with E-state index in [9.17, 15) is 4.79 Å². The highest BCUT2D eigenvalue weighted by atomic mass is 16.5. The molecule has 0 atom stereocenters. The van der Waals surface area contributed by atoms with Crippen LogP contribution in [0.4, 0.5) is 0 Å². The van der Waals surface area contributed by atoms with Crippen molar-refractivity contribution in [3.8, 4) is 11.8 Å². The zero-order chi connectivity index (χ0) is 10.4. The first-order valence-corrected chi connectivity index (χ1v) is 4.89. The average molecular weight is 196 g/mol. The number of carbonyl (C=O) groups excluding carboxylic acids is 1. The molecule has 0 bridgehead atoms. The summed E-state index contributed by atoms with van der Waals surface area (Å²) >= 11 is 0. The van der Waals surface area contributed by atoms with E-state index in [0.717, 1.165) is 25.7 Å². The van der Waals surface area contributed by atoms with Gasteiger partial charge in [0.05, 0.1) is 7.11 Å². The van der Waals surface area contributed by atoms with E-state index in [1.54, 1.807) is 7.11 Å². The lowest BCUT2D eigenvalue weighted by Crippen LogP contribution is -2.32. The van der Waals surface area contributed by atoms with E-state index >= 15 is 0 Å². The third-order valence-corrected chi connectivity index (χ3v) is 2.63. The van der Waals surface area contributed by atoms with Gasteiger partial charge >= 0.3 is 5.97 Å².